The fourth-order valence-corrected chi connectivity index (χ4v) is 3.14. The Morgan fingerprint density at radius 1 is 0.667 bits per heavy atom. The number of nitrogens with zero attached hydrogens (tertiary/aromatic N) is 2. The first-order valence-electron chi connectivity index (χ1n) is 9.47. The third-order valence-corrected chi connectivity index (χ3v) is 4.76. The molecule has 3 nitrogen and oxygen atoms in total. The molecule has 0 amide bonds. The third kappa shape index (κ3) is 6.77. The molecule has 0 atom stereocenters. The Kier molecular flexibility index (Phi) is 10.3. The Morgan fingerprint density at radius 3 is 1.27 bits per heavy atom. The van der Waals surface area contributed by atoms with Crippen LogP contribution in [0.5, 0.6) is 0 Å². The summed E-state index contributed by atoms with van der Waals surface area (Å²) in [5.41, 5.74) is 8.38. The third-order valence-electron chi connectivity index (χ3n) is 4.76. The minimum atomic E-state index is 0.767. The molecule has 1 heterocycles. The van der Waals surface area contributed by atoms with Crippen LogP contribution in [0.25, 0.3) is 0 Å². The molecule has 6 heteroatoms. The number of hydrogen-bond donors (Lipinski definition) is 0. The van der Waals surface area contributed by atoms with E-state index in [0.29, 0.717) is 0 Å². The molecule has 0 saturated carbocycles. The van der Waals surface area contributed by atoms with Gasteiger partial charge in [0.1, 0.15) is 11.5 Å². The molecule has 0 radical (unpaired) electrons. The van der Waals surface area contributed by atoms with Crippen LogP contribution < -0.4 is 0 Å². The maximum atomic E-state index is 6.05. The number of para-hydroxylation sites is 2. The second-order valence-corrected chi connectivity index (χ2v) is 16.4. The second-order valence-electron chi connectivity index (χ2n) is 7.09. The van der Waals surface area contributed by atoms with Gasteiger partial charge in [-0.1, -0.05) is 36.4 Å². The Labute approximate surface area is 208 Å². The Hall–Kier alpha value is -0.961. The van der Waals surface area contributed by atoms with E-state index in [4.69, 9.17) is 14.4 Å². The van der Waals surface area contributed by atoms with E-state index < -0.39 is 0 Å². The summed E-state index contributed by atoms with van der Waals surface area (Å²) in [7, 11) is 1.19. The minimum absolute atomic E-state index is 0.767. The number of rotatable bonds is 4. The van der Waals surface area contributed by atoms with Crippen LogP contribution in [-0.2, 0) is 8.46 Å². The zero-order chi connectivity index (χ0) is 22.3. The summed E-state index contributed by atoms with van der Waals surface area (Å²) in [4.78, 5) is 9.59. The van der Waals surface area contributed by atoms with Gasteiger partial charge in [0.25, 0.3) is 0 Å². The van der Waals surface area contributed by atoms with Crippen molar-refractivity contribution in [2.45, 2.75) is 41.5 Å². The van der Waals surface area contributed by atoms with Crippen LogP contribution in [0.2, 0.25) is 0 Å². The first-order valence-corrected chi connectivity index (χ1v) is 16.6. The summed E-state index contributed by atoms with van der Waals surface area (Å²) in [6, 6.07) is 16.3. The van der Waals surface area contributed by atoms with Crippen LogP contribution >= 0.6 is 40.7 Å². The molecule has 160 valence electrons. The fourth-order valence-electron chi connectivity index (χ4n) is 3.14. The molecular formula is C24H26FeI2N2O. The van der Waals surface area contributed by atoms with Crippen molar-refractivity contribution < 1.29 is 12.9 Å². The number of aliphatic imine (C=N–C) groups is 2. The monoisotopic (exact) mass is 668 g/mol. The standard InChI is InChI=1S/C24H26N2O.Fe.2HI/c1-15-9-7-10-16(2)23(15)25-19(5)21-13-14-22(27-21)20(6)26-24-17(3)11-8-12-18(24)4;;;/h7-14H,1-6H3;;2*1H/q;+2;;/p-2. The molecule has 0 saturated heterocycles. The van der Waals surface area contributed by atoms with E-state index in [0.717, 1.165) is 56.6 Å². The molecule has 0 unspecified atom stereocenters. The van der Waals surface area contributed by atoms with Gasteiger partial charge in [-0.15, -0.1) is 0 Å². The Morgan fingerprint density at radius 2 is 0.967 bits per heavy atom. The molecule has 2 aromatic carbocycles. The van der Waals surface area contributed by atoms with E-state index in [1.165, 1.54) is 8.46 Å². The molecular weight excluding hydrogens is 642 g/mol. The summed E-state index contributed by atoms with van der Waals surface area (Å²) in [6.07, 6.45) is 0. The summed E-state index contributed by atoms with van der Waals surface area (Å²) < 4.78 is 6.05. The van der Waals surface area contributed by atoms with E-state index in [1.807, 2.05) is 26.0 Å². The van der Waals surface area contributed by atoms with Crippen molar-refractivity contribution in [2.75, 3.05) is 0 Å². The summed E-state index contributed by atoms with van der Waals surface area (Å²) >= 11 is 4.55. The van der Waals surface area contributed by atoms with Crippen LogP contribution in [0, 0.1) is 27.7 Å². The molecule has 3 rings (SSSR count). The summed E-state index contributed by atoms with van der Waals surface area (Å²) in [5, 5.41) is 0. The first kappa shape index (κ1) is 25.3. The number of hydrogen-bond acceptors (Lipinski definition) is 3. The number of aryl methyl sites for hydroxylation is 4. The van der Waals surface area contributed by atoms with Crippen molar-refractivity contribution in [1.82, 2.24) is 0 Å². The average molecular weight is 668 g/mol. The van der Waals surface area contributed by atoms with Gasteiger partial charge in [-0.05, 0) is 75.9 Å². The van der Waals surface area contributed by atoms with Crippen molar-refractivity contribution in [3.8, 4) is 0 Å². The van der Waals surface area contributed by atoms with Crippen LogP contribution in [0.3, 0.4) is 0 Å². The molecule has 0 aliphatic heterocycles. The van der Waals surface area contributed by atoms with Crippen LogP contribution in [0.4, 0.5) is 11.4 Å². The zero-order valence-corrected chi connectivity index (χ0v) is 23.5. The van der Waals surface area contributed by atoms with Crippen molar-refractivity contribution >= 4 is 63.5 Å². The number of furan rings is 1. The molecule has 0 spiro atoms. The maximum absolute atomic E-state index is 6.05. The quantitative estimate of drug-likeness (QED) is 0.156. The molecule has 0 fully saturated rings. The van der Waals surface area contributed by atoms with Gasteiger partial charge in [-0.25, -0.2) is 9.98 Å². The predicted octanol–water partition coefficient (Wildman–Crippen LogP) is 8.56. The molecule has 0 aliphatic rings. The van der Waals surface area contributed by atoms with Crippen LogP contribution in [-0.4, -0.2) is 11.4 Å². The van der Waals surface area contributed by atoms with Gasteiger partial charge in [-0.3, -0.25) is 0 Å². The van der Waals surface area contributed by atoms with Gasteiger partial charge in [0.05, 0.1) is 22.8 Å². The van der Waals surface area contributed by atoms with Gasteiger partial charge in [0.2, 0.25) is 0 Å². The topological polar surface area (TPSA) is 37.9 Å². The molecule has 0 bridgehead atoms. The van der Waals surface area contributed by atoms with Crippen molar-refractivity contribution in [3.05, 3.63) is 82.3 Å². The number of halogens is 2. The fraction of sp³-hybridized carbons (Fsp3) is 0.250. The van der Waals surface area contributed by atoms with Crippen molar-refractivity contribution in [1.29, 1.82) is 0 Å². The van der Waals surface area contributed by atoms with E-state index in [2.05, 4.69) is 105 Å². The van der Waals surface area contributed by atoms with Gasteiger partial charge in [0, 0.05) is 0 Å². The van der Waals surface area contributed by atoms with E-state index in [-0.39, 0.29) is 0 Å². The van der Waals surface area contributed by atoms with Gasteiger partial charge in [-0.2, -0.15) is 0 Å². The molecule has 3 aromatic rings. The molecule has 0 N–H and O–H groups in total. The van der Waals surface area contributed by atoms with Crippen molar-refractivity contribution in [3.63, 3.8) is 0 Å². The Balaban J connectivity index is 0.00000101. The first-order chi connectivity index (χ1) is 14.3. The van der Waals surface area contributed by atoms with Crippen LogP contribution in [0.1, 0.15) is 47.6 Å². The Bertz CT molecular complexity index is 948. The van der Waals surface area contributed by atoms with E-state index >= 15 is 0 Å². The van der Waals surface area contributed by atoms with E-state index in [9.17, 15) is 0 Å². The average Bonchev–Trinajstić information content (AvgIpc) is 3.19. The molecule has 1 aromatic heterocycles. The van der Waals surface area contributed by atoms with Gasteiger partial charge in [0.15, 0.2) is 0 Å². The summed E-state index contributed by atoms with van der Waals surface area (Å²) in [6.45, 7) is 12.3. The summed E-state index contributed by atoms with van der Waals surface area (Å²) in [5.74, 6) is 1.53. The van der Waals surface area contributed by atoms with Crippen molar-refractivity contribution in [2.24, 2.45) is 9.98 Å². The van der Waals surface area contributed by atoms with Gasteiger partial charge < -0.3 is 4.42 Å². The van der Waals surface area contributed by atoms with E-state index in [1.54, 1.807) is 0 Å². The normalized spacial score (nSPS) is 12.0. The van der Waals surface area contributed by atoms with Gasteiger partial charge >= 0.3 is 49.1 Å². The zero-order valence-electron chi connectivity index (χ0n) is 18.0. The molecule has 30 heavy (non-hydrogen) atoms. The SMILES string of the molecule is CC(=Nc1c(C)cccc1C)c1ccc(C(C)=Nc2c(C)cccc2C)o1.[I][Fe][I]. The number of benzene rings is 2. The predicted molar refractivity (Wildman–Crippen MR) is 142 cm³/mol. The second kappa shape index (κ2) is 12.2. The van der Waals surface area contributed by atoms with Crippen LogP contribution in [0.15, 0.2) is 62.9 Å². The molecule has 0 aliphatic carbocycles.